The van der Waals surface area contributed by atoms with Crippen LogP contribution >= 0.6 is 11.6 Å². The maximum Gasteiger partial charge on any atom is 0.274 e. The molecule has 1 fully saturated rings. The van der Waals surface area contributed by atoms with Crippen LogP contribution in [0.1, 0.15) is 23.8 Å². The van der Waals surface area contributed by atoms with Crippen LogP contribution in [0, 0.1) is 0 Å². The van der Waals surface area contributed by atoms with E-state index in [9.17, 15) is 9.59 Å². The Morgan fingerprint density at radius 1 is 1.16 bits per heavy atom. The molecule has 0 atom stereocenters. The molecular formula is C12H15ClN4O2. The SMILES string of the molecule is CC(=O)N1CCCN(C(=O)c2cncc(Cl)n2)CC1. The zero-order chi connectivity index (χ0) is 13.8. The third-order valence-electron chi connectivity index (χ3n) is 3.05. The molecule has 1 aliphatic rings. The van der Waals surface area contributed by atoms with E-state index in [0.717, 1.165) is 6.42 Å². The molecule has 0 bridgehead atoms. The molecule has 0 spiro atoms. The van der Waals surface area contributed by atoms with Gasteiger partial charge in [-0.15, -0.1) is 0 Å². The molecule has 19 heavy (non-hydrogen) atoms. The van der Waals surface area contributed by atoms with Crippen molar-refractivity contribution in [3.63, 3.8) is 0 Å². The van der Waals surface area contributed by atoms with E-state index in [2.05, 4.69) is 9.97 Å². The second-order valence-corrected chi connectivity index (χ2v) is 4.77. The summed E-state index contributed by atoms with van der Waals surface area (Å²) >= 11 is 5.73. The molecule has 0 radical (unpaired) electrons. The van der Waals surface area contributed by atoms with Gasteiger partial charge in [0.15, 0.2) is 0 Å². The third kappa shape index (κ3) is 3.41. The molecule has 2 rings (SSSR count). The summed E-state index contributed by atoms with van der Waals surface area (Å²) in [6.07, 6.45) is 3.55. The van der Waals surface area contributed by atoms with Gasteiger partial charge in [0.2, 0.25) is 5.91 Å². The van der Waals surface area contributed by atoms with E-state index in [0.29, 0.717) is 26.2 Å². The number of halogens is 1. The highest BCUT2D eigenvalue weighted by Gasteiger charge is 2.22. The van der Waals surface area contributed by atoms with Crippen molar-refractivity contribution < 1.29 is 9.59 Å². The molecule has 0 aromatic carbocycles. The summed E-state index contributed by atoms with van der Waals surface area (Å²) in [4.78, 5) is 34.8. The van der Waals surface area contributed by atoms with Gasteiger partial charge in [0.05, 0.1) is 12.4 Å². The van der Waals surface area contributed by atoms with E-state index in [1.54, 1.807) is 16.7 Å². The molecule has 1 saturated heterocycles. The Morgan fingerprint density at radius 3 is 2.53 bits per heavy atom. The highest BCUT2D eigenvalue weighted by molar-refractivity contribution is 6.29. The first-order valence-corrected chi connectivity index (χ1v) is 6.48. The van der Waals surface area contributed by atoms with E-state index < -0.39 is 0 Å². The Kier molecular flexibility index (Phi) is 4.31. The first-order chi connectivity index (χ1) is 9.08. The molecule has 1 aromatic heterocycles. The Bertz CT molecular complexity index is 494. The second-order valence-electron chi connectivity index (χ2n) is 4.38. The van der Waals surface area contributed by atoms with Gasteiger partial charge in [0, 0.05) is 33.1 Å². The summed E-state index contributed by atoms with van der Waals surface area (Å²) in [5, 5.41) is 0.200. The quantitative estimate of drug-likeness (QED) is 0.765. The molecule has 0 saturated carbocycles. The fraction of sp³-hybridized carbons (Fsp3) is 0.500. The van der Waals surface area contributed by atoms with Gasteiger partial charge in [-0.05, 0) is 6.42 Å². The smallest absolute Gasteiger partial charge is 0.274 e. The van der Waals surface area contributed by atoms with Crippen LogP contribution in [-0.2, 0) is 4.79 Å². The van der Waals surface area contributed by atoms with E-state index in [1.165, 1.54) is 12.4 Å². The van der Waals surface area contributed by atoms with Crippen LogP contribution in [0.25, 0.3) is 0 Å². The third-order valence-corrected chi connectivity index (χ3v) is 3.23. The predicted molar refractivity (Wildman–Crippen MR) is 69.8 cm³/mol. The van der Waals surface area contributed by atoms with E-state index >= 15 is 0 Å². The van der Waals surface area contributed by atoms with Crippen molar-refractivity contribution in [2.45, 2.75) is 13.3 Å². The van der Waals surface area contributed by atoms with Crippen molar-refractivity contribution in [2.24, 2.45) is 0 Å². The molecule has 102 valence electrons. The summed E-state index contributed by atoms with van der Waals surface area (Å²) in [6, 6.07) is 0. The van der Waals surface area contributed by atoms with Crippen LogP contribution in [-0.4, -0.2) is 57.8 Å². The number of carbonyl (C=O) groups excluding carboxylic acids is 2. The molecule has 1 aliphatic heterocycles. The lowest BCUT2D eigenvalue weighted by molar-refractivity contribution is -0.128. The highest BCUT2D eigenvalue weighted by atomic mass is 35.5. The number of amides is 2. The van der Waals surface area contributed by atoms with E-state index in [4.69, 9.17) is 11.6 Å². The average Bonchev–Trinajstić information content (AvgIpc) is 2.63. The minimum absolute atomic E-state index is 0.0387. The lowest BCUT2D eigenvalue weighted by Crippen LogP contribution is -2.36. The molecule has 2 heterocycles. The molecular weight excluding hydrogens is 268 g/mol. The number of hydrogen-bond acceptors (Lipinski definition) is 4. The van der Waals surface area contributed by atoms with Crippen molar-refractivity contribution >= 4 is 23.4 Å². The van der Waals surface area contributed by atoms with Crippen LogP contribution in [0.15, 0.2) is 12.4 Å². The van der Waals surface area contributed by atoms with Crippen molar-refractivity contribution in [1.82, 2.24) is 19.8 Å². The topological polar surface area (TPSA) is 66.4 Å². The van der Waals surface area contributed by atoms with Gasteiger partial charge in [-0.2, -0.15) is 0 Å². The van der Waals surface area contributed by atoms with Crippen LogP contribution in [0.3, 0.4) is 0 Å². The number of nitrogens with zero attached hydrogens (tertiary/aromatic N) is 4. The minimum Gasteiger partial charge on any atom is -0.341 e. The molecule has 2 amide bonds. The summed E-state index contributed by atoms with van der Waals surface area (Å²) in [6.45, 7) is 3.89. The average molecular weight is 283 g/mol. The second kappa shape index (κ2) is 5.97. The van der Waals surface area contributed by atoms with Crippen LogP contribution in [0.5, 0.6) is 0 Å². The number of rotatable bonds is 1. The van der Waals surface area contributed by atoms with Crippen LogP contribution < -0.4 is 0 Å². The van der Waals surface area contributed by atoms with Gasteiger partial charge < -0.3 is 9.80 Å². The van der Waals surface area contributed by atoms with Gasteiger partial charge in [-0.1, -0.05) is 11.6 Å². The minimum atomic E-state index is -0.194. The van der Waals surface area contributed by atoms with Gasteiger partial charge in [0.25, 0.3) is 5.91 Å². The lowest BCUT2D eigenvalue weighted by Gasteiger charge is -2.20. The van der Waals surface area contributed by atoms with Gasteiger partial charge in [-0.25, -0.2) is 4.98 Å². The fourth-order valence-electron chi connectivity index (χ4n) is 2.04. The van der Waals surface area contributed by atoms with Gasteiger partial charge in [-0.3, -0.25) is 14.6 Å². The standard InChI is InChI=1S/C12H15ClN4O2/c1-9(18)16-3-2-4-17(6-5-16)12(19)10-7-14-8-11(13)15-10/h7-8H,2-6H2,1H3. The number of hydrogen-bond donors (Lipinski definition) is 0. The highest BCUT2D eigenvalue weighted by Crippen LogP contribution is 2.09. The molecule has 7 heteroatoms. The van der Waals surface area contributed by atoms with Crippen LogP contribution in [0.4, 0.5) is 0 Å². The summed E-state index contributed by atoms with van der Waals surface area (Å²) in [7, 11) is 0. The summed E-state index contributed by atoms with van der Waals surface area (Å²) < 4.78 is 0. The normalized spacial score (nSPS) is 16.1. The first kappa shape index (κ1) is 13.7. The molecule has 0 unspecified atom stereocenters. The van der Waals surface area contributed by atoms with Crippen molar-refractivity contribution in [2.75, 3.05) is 26.2 Å². The van der Waals surface area contributed by atoms with Crippen molar-refractivity contribution in [3.8, 4) is 0 Å². The van der Waals surface area contributed by atoms with E-state index in [1.807, 2.05) is 0 Å². The van der Waals surface area contributed by atoms with Crippen molar-refractivity contribution in [1.29, 1.82) is 0 Å². The first-order valence-electron chi connectivity index (χ1n) is 6.10. The molecule has 1 aromatic rings. The summed E-state index contributed by atoms with van der Waals surface area (Å²) in [5.41, 5.74) is 0.240. The largest absolute Gasteiger partial charge is 0.341 e. The maximum absolute atomic E-state index is 12.2. The number of aromatic nitrogens is 2. The summed E-state index contributed by atoms with van der Waals surface area (Å²) in [5.74, 6) is -0.155. The Hall–Kier alpha value is -1.69. The van der Waals surface area contributed by atoms with Gasteiger partial charge >= 0.3 is 0 Å². The number of carbonyl (C=O) groups is 2. The Labute approximate surface area is 116 Å². The molecule has 6 nitrogen and oxygen atoms in total. The molecule has 0 aliphatic carbocycles. The van der Waals surface area contributed by atoms with E-state index in [-0.39, 0.29) is 22.7 Å². The molecule has 0 N–H and O–H groups in total. The zero-order valence-electron chi connectivity index (χ0n) is 10.7. The van der Waals surface area contributed by atoms with Crippen molar-refractivity contribution in [3.05, 3.63) is 23.2 Å². The lowest BCUT2D eigenvalue weighted by atomic mass is 10.3. The van der Waals surface area contributed by atoms with Gasteiger partial charge in [0.1, 0.15) is 10.8 Å². The zero-order valence-corrected chi connectivity index (χ0v) is 11.4. The Morgan fingerprint density at radius 2 is 1.84 bits per heavy atom. The maximum atomic E-state index is 12.2. The Balaban J connectivity index is 2.06. The predicted octanol–water partition coefficient (Wildman–Crippen LogP) is 0.824. The fourth-order valence-corrected chi connectivity index (χ4v) is 2.19. The monoisotopic (exact) mass is 282 g/mol. The van der Waals surface area contributed by atoms with Crippen LogP contribution in [0.2, 0.25) is 5.15 Å².